The van der Waals surface area contributed by atoms with Crippen molar-refractivity contribution in [3.8, 4) is 0 Å². The summed E-state index contributed by atoms with van der Waals surface area (Å²) in [5, 5.41) is 0. The minimum absolute atomic E-state index is 0.504. The molecule has 104 valence electrons. The molecular weight excluding hydrogens is 236 g/mol. The van der Waals surface area contributed by atoms with Gasteiger partial charge in [-0.2, -0.15) is 0 Å². The minimum Gasteiger partial charge on any atom is -0.300 e. The number of carbonyl (C=O) groups is 2. The monoisotopic (exact) mass is 260 g/mol. The zero-order valence-electron chi connectivity index (χ0n) is 11.6. The third-order valence-electron chi connectivity index (χ3n) is 6.80. The minimum atomic E-state index is 0.504. The van der Waals surface area contributed by atoms with Gasteiger partial charge in [-0.05, 0) is 67.6 Å². The fraction of sp³-hybridized carbons (Fsp3) is 0.882. The Bertz CT molecular complexity index is 413. The van der Waals surface area contributed by atoms with E-state index in [0.717, 1.165) is 55.8 Å². The van der Waals surface area contributed by atoms with Crippen LogP contribution >= 0.6 is 0 Å². The highest BCUT2D eigenvalue weighted by Gasteiger charge is 2.50. The molecule has 2 nitrogen and oxygen atoms in total. The van der Waals surface area contributed by atoms with Gasteiger partial charge in [-0.3, -0.25) is 9.59 Å². The van der Waals surface area contributed by atoms with Crippen molar-refractivity contribution in [2.75, 3.05) is 0 Å². The van der Waals surface area contributed by atoms with Crippen molar-refractivity contribution >= 4 is 11.6 Å². The van der Waals surface area contributed by atoms with Crippen LogP contribution < -0.4 is 0 Å². The molecule has 0 bridgehead atoms. The van der Waals surface area contributed by atoms with E-state index in [4.69, 9.17) is 0 Å². The number of carbonyl (C=O) groups excluding carboxylic acids is 2. The molecule has 0 N–H and O–H groups in total. The molecule has 6 atom stereocenters. The maximum atomic E-state index is 11.8. The molecule has 0 saturated heterocycles. The van der Waals surface area contributed by atoms with Crippen LogP contribution in [0.15, 0.2) is 0 Å². The predicted octanol–water partition coefficient (Wildman–Crippen LogP) is 3.39. The lowest BCUT2D eigenvalue weighted by Crippen LogP contribution is -2.44. The highest BCUT2D eigenvalue weighted by Crippen LogP contribution is 2.56. The second-order valence-electron chi connectivity index (χ2n) is 7.56. The van der Waals surface area contributed by atoms with Crippen LogP contribution in [-0.2, 0) is 9.59 Å². The van der Waals surface area contributed by atoms with Crippen molar-refractivity contribution in [2.45, 2.75) is 57.8 Å². The lowest BCUT2D eigenvalue weighted by Gasteiger charge is -2.51. The summed E-state index contributed by atoms with van der Waals surface area (Å²) in [7, 11) is 0. The standard InChI is InChI=1S/C17H24O2/c18-12-3-6-14-10(7-12)1-5-16-15(14)4-2-11-8-13(19)9-17(11)16/h10-11,14-17H,1-9H2/t10-,11+,14-,15+,16+,17+/m1/s1. The van der Waals surface area contributed by atoms with Gasteiger partial charge < -0.3 is 0 Å². The zero-order valence-corrected chi connectivity index (χ0v) is 11.6. The Hall–Kier alpha value is -0.660. The van der Waals surface area contributed by atoms with E-state index in [1.165, 1.54) is 25.7 Å². The van der Waals surface area contributed by atoms with E-state index in [2.05, 4.69) is 0 Å². The first-order valence-electron chi connectivity index (χ1n) is 8.26. The summed E-state index contributed by atoms with van der Waals surface area (Å²) in [6, 6.07) is 0. The molecule has 0 aliphatic heterocycles. The number of Topliss-reactive ketones (excluding diaryl/α,β-unsaturated/α-hetero) is 2. The molecule has 0 amide bonds. The van der Waals surface area contributed by atoms with Crippen molar-refractivity contribution in [3.05, 3.63) is 0 Å². The average Bonchev–Trinajstić information content (AvgIpc) is 2.78. The second-order valence-corrected chi connectivity index (χ2v) is 7.56. The van der Waals surface area contributed by atoms with Crippen LogP contribution in [0.25, 0.3) is 0 Å². The Morgan fingerprint density at radius 1 is 0.579 bits per heavy atom. The molecule has 0 spiro atoms. The predicted molar refractivity (Wildman–Crippen MR) is 72.5 cm³/mol. The van der Waals surface area contributed by atoms with Gasteiger partial charge >= 0.3 is 0 Å². The van der Waals surface area contributed by atoms with Gasteiger partial charge in [0.1, 0.15) is 11.6 Å². The van der Waals surface area contributed by atoms with E-state index in [1.807, 2.05) is 0 Å². The van der Waals surface area contributed by atoms with Gasteiger partial charge in [0.15, 0.2) is 0 Å². The molecule has 0 aromatic rings. The molecule has 4 saturated carbocycles. The molecule has 4 rings (SSSR count). The average molecular weight is 260 g/mol. The highest BCUT2D eigenvalue weighted by molar-refractivity contribution is 5.81. The molecule has 0 radical (unpaired) electrons. The first-order valence-corrected chi connectivity index (χ1v) is 8.26. The van der Waals surface area contributed by atoms with Crippen molar-refractivity contribution in [1.29, 1.82) is 0 Å². The summed E-state index contributed by atoms with van der Waals surface area (Å²) in [6.07, 6.45) is 9.78. The topological polar surface area (TPSA) is 34.1 Å². The van der Waals surface area contributed by atoms with Gasteiger partial charge in [-0.1, -0.05) is 0 Å². The number of fused-ring (bicyclic) bond motifs is 5. The molecule has 19 heavy (non-hydrogen) atoms. The van der Waals surface area contributed by atoms with E-state index >= 15 is 0 Å². The summed E-state index contributed by atoms with van der Waals surface area (Å²) >= 11 is 0. The van der Waals surface area contributed by atoms with Crippen LogP contribution in [0, 0.1) is 35.5 Å². The lowest BCUT2D eigenvalue weighted by atomic mass is 9.54. The smallest absolute Gasteiger partial charge is 0.133 e. The van der Waals surface area contributed by atoms with E-state index < -0.39 is 0 Å². The Morgan fingerprint density at radius 3 is 2.00 bits per heavy atom. The quantitative estimate of drug-likeness (QED) is 0.669. The van der Waals surface area contributed by atoms with E-state index in [0.29, 0.717) is 23.4 Å². The number of hydrogen-bond donors (Lipinski definition) is 0. The fourth-order valence-electron chi connectivity index (χ4n) is 6.07. The fourth-order valence-corrected chi connectivity index (χ4v) is 6.07. The lowest BCUT2D eigenvalue weighted by molar-refractivity contribution is -0.126. The van der Waals surface area contributed by atoms with Gasteiger partial charge in [0.2, 0.25) is 0 Å². The number of ketones is 2. The molecule has 0 heterocycles. The molecule has 2 heteroatoms. The first-order chi connectivity index (χ1) is 9.22. The third kappa shape index (κ3) is 1.90. The Balaban J connectivity index is 1.56. The van der Waals surface area contributed by atoms with Crippen molar-refractivity contribution < 1.29 is 9.59 Å². The Kier molecular flexibility index (Phi) is 2.82. The Labute approximate surface area is 115 Å². The van der Waals surface area contributed by atoms with E-state index in [1.54, 1.807) is 0 Å². The number of hydrogen-bond acceptors (Lipinski definition) is 2. The summed E-state index contributed by atoms with van der Waals surface area (Å²) in [4.78, 5) is 23.4. The summed E-state index contributed by atoms with van der Waals surface area (Å²) in [5.41, 5.74) is 0. The third-order valence-corrected chi connectivity index (χ3v) is 6.80. The maximum absolute atomic E-state index is 11.8. The van der Waals surface area contributed by atoms with Gasteiger partial charge in [0.25, 0.3) is 0 Å². The number of rotatable bonds is 0. The largest absolute Gasteiger partial charge is 0.300 e. The summed E-state index contributed by atoms with van der Waals surface area (Å²) in [6.45, 7) is 0. The molecule has 0 unspecified atom stereocenters. The molecule has 0 aromatic heterocycles. The SMILES string of the molecule is O=C1CC[C@@H]2[C@H](CC[C@H]3[C@H]2CC[C@H]2CC(=O)C[C@@H]23)C1. The van der Waals surface area contributed by atoms with Crippen molar-refractivity contribution in [2.24, 2.45) is 35.5 Å². The van der Waals surface area contributed by atoms with Crippen LogP contribution in [0.3, 0.4) is 0 Å². The van der Waals surface area contributed by atoms with Gasteiger partial charge in [-0.15, -0.1) is 0 Å². The van der Waals surface area contributed by atoms with Crippen molar-refractivity contribution in [1.82, 2.24) is 0 Å². The molecule has 0 aromatic carbocycles. The second kappa shape index (κ2) is 4.43. The molecular formula is C17H24O2. The van der Waals surface area contributed by atoms with Crippen LogP contribution in [0.4, 0.5) is 0 Å². The molecule has 4 aliphatic rings. The van der Waals surface area contributed by atoms with E-state index in [-0.39, 0.29) is 0 Å². The van der Waals surface area contributed by atoms with Gasteiger partial charge in [0.05, 0.1) is 0 Å². The zero-order chi connectivity index (χ0) is 13.0. The molecule has 4 aliphatic carbocycles. The van der Waals surface area contributed by atoms with Crippen LogP contribution in [0.5, 0.6) is 0 Å². The first kappa shape index (κ1) is 12.1. The summed E-state index contributed by atoms with van der Waals surface area (Å²) < 4.78 is 0. The van der Waals surface area contributed by atoms with Gasteiger partial charge in [0, 0.05) is 25.7 Å². The van der Waals surface area contributed by atoms with Crippen molar-refractivity contribution in [3.63, 3.8) is 0 Å². The maximum Gasteiger partial charge on any atom is 0.133 e. The summed E-state index contributed by atoms with van der Waals surface area (Å²) in [5.74, 6) is 5.63. The molecule has 4 fully saturated rings. The van der Waals surface area contributed by atoms with Crippen LogP contribution in [0.1, 0.15) is 57.8 Å². The Morgan fingerprint density at radius 2 is 1.21 bits per heavy atom. The van der Waals surface area contributed by atoms with Crippen LogP contribution in [-0.4, -0.2) is 11.6 Å². The highest BCUT2D eigenvalue weighted by atomic mass is 16.1. The van der Waals surface area contributed by atoms with Gasteiger partial charge in [-0.25, -0.2) is 0 Å². The van der Waals surface area contributed by atoms with Crippen LogP contribution in [0.2, 0.25) is 0 Å². The van der Waals surface area contributed by atoms with E-state index in [9.17, 15) is 9.59 Å². The normalized spacial score (nSPS) is 49.5.